The molecule has 2 aromatic carbocycles. The van der Waals surface area contributed by atoms with Gasteiger partial charge in [-0.2, -0.15) is 5.26 Å². The third-order valence-electron chi connectivity index (χ3n) is 2.70. The van der Waals surface area contributed by atoms with E-state index >= 15 is 0 Å². The van der Waals surface area contributed by atoms with Crippen LogP contribution in [0.5, 0.6) is 0 Å². The van der Waals surface area contributed by atoms with Gasteiger partial charge in [0.2, 0.25) is 11.8 Å². The summed E-state index contributed by atoms with van der Waals surface area (Å²) in [5.41, 5.74) is 1.18. The summed E-state index contributed by atoms with van der Waals surface area (Å²) in [5, 5.41) is 15.7. The molecule has 0 saturated carbocycles. The molecule has 2 aromatic rings. The van der Waals surface area contributed by atoms with Gasteiger partial charge in [-0.1, -0.05) is 24.3 Å². The lowest BCUT2D eigenvalue weighted by molar-refractivity contribution is -0.115. The highest BCUT2D eigenvalue weighted by Crippen LogP contribution is 2.28. The van der Waals surface area contributed by atoms with Gasteiger partial charge in [0.05, 0.1) is 11.8 Å². The Labute approximate surface area is 116 Å². The van der Waals surface area contributed by atoms with Crippen LogP contribution in [0.1, 0.15) is 13.3 Å². The van der Waals surface area contributed by atoms with E-state index in [1.807, 2.05) is 24.3 Å². The average Bonchev–Trinajstić information content (AvgIpc) is 2.38. The zero-order chi connectivity index (χ0) is 14.5. The smallest absolute Gasteiger partial charge is 0.238 e. The van der Waals surface area contributed by atoms with Crippen LogP contribution in [-0.4, -0.2) is 11.8 Å². The first-order chi connectivity index (χ1) is 9.60. The number of amides is 2. The lowest BCUT2D eigenvalue weighted by Crippen LogP contribution is -2.11. The van der Waals surface area contributed by atoms with Crippen LogP contribution < -0.4 is 10.6 Å². The number of hydrogen-bond donors (Lipinski definition) is 2. The van der Waals surface area contributed by atoms with Gasteiger partial charge in [-0.3, -0.25) is 9.59 Å². The number of carbonyl (C=O) groups excluding carboxylic acids is 2. The van der Waals surface area contributed by atoms with E-state index in [1.54, 1.807) is 18.2 Å². The number of hydrogen-bond acceptors (Lipinski definition) is 3. The lowest BCUT2D eigenvalue weighted by atomic mass is 10.1. The molecule has 0 fully saturated rings. The van der Waals surface area contributed by atoms with E-state index in [0.717, 1.165) is 10.8 Å². The minimum Gasteiger partial charge on any atom is -0.326 e. The first-order valence-corrected chi connectivity index (χ1v) is 6.07. The second kappa shape index (κ2) is 5.85. The van der Waals surface area contributed by atoms with Gasteiger partial charge in [0.25, 0.3) is 0 Å². The predicted molar refractivity (Wildman–Crippen MR) is 77.1 cm³/mol. The SMILES string of the molecule is CC(=O)Nc1cc(NC(=O)CC#N)cc2ccccc12. The Morgan fingerprint density at radius 1 is 1.20 bits per heavy atom. The number of anilines is 2. The molecule has 20 heavy (non-hydrogen) atoms. The van der Waals surface area contributed by atoms with Crippen LogP contribution in [-0.2, 0) is 9.59 Å². The van der Waals surface area contributed by atoms with E-state index in [9.17, 15) is 9.59 Å². The molecule has 0 aromatic heterocycles. The average molecular weight is 267 g/mol. The van der Waals surface area contributed by atoms with Crippen molar-refractivity contribution < 1.29 is 9.59 Å². The van der Waals surface area contributed by atoms with Gasteiger partial charge in [0, 0.05) is 18.0 Å². The molecule has 100 valence electrons. The highest BCUT2D eigenvalue weighted by atomic mass is 16.2. The molecule has 0 saturated heterocycles. The van der Waals surface area contributed by atoms with Crippen molar-refractivity contribution in [3.8, 4) is 6.07 Å². The minimum atomic E-state index is -0.378. The monoisotopic (exact) mass is 267 g/mol. The molecule has 2 amide bonds. The van der Waals surface area contributed by atoms with Crippen LogP contribution in [0, 0.1) is 11.3 Å². The third kappa shape index (κ3) is 3.12. The summed E-state index contributed by atoms with van der Waals surface area (Å²) in [4.78, 5) is 22.7. The van der Waals surface area contributed by atoms with Gasteiger partial charge in [-0.05, 0) is 17.5 Å². The zero-order valence-electron chi connectivity index (χ0n) is 10.9. The number of nitriles is 1. The van der Waals surface area contributed by atoms with E-state index in [4.69, 9.17) is 5.26 Å². The van der Waals surface area contributed by atoms with Crippen LogP contribution in [0.15, 0.2) is 36.4 Å². The lowest BCUT2D eigenvalue weighted by Gasteiger charge is -2.11. The molecule has 0 atom stereocenters. The minimum absolute atomic E-state index is 0.185. The summed E-state index contributed by atoms with van der Waals surface area (Å²) >= 11 is 0. The zero-order valence-corrected chi connectivity index (χ0v) is 10.9. The quantitative estimate of drug-likeness (QED) is 0.896. The Balaban J connectivity index is 2.44. The van der Waals surface area contributed by atoms with Crippen LogP contribution in [0.25, 0.3) is 10.8 Å². The fourth-order valence-electron chi connectivity index (χ4n) is 1.95. The van der Waals surface area contributed by atoms with Crippen LogP contribution >= 0.6 is 0 Å². The fourth-order valence-corrected chi connectivity index (χ4v) is 1.95. The second-order valence-corrected chi connectivity index (χ2v) is 4.31. The molecule has 0 radical (unpaired) electrons. The van der Waals surface area contributed by atoms with Crippen molar-refractivity contribution in [2.75, 3.05) is 10.6 Å². The summed E-state index contributed by atoms with van der Waals surface area (Å²) in [6.07, 6.45) is -0.206. The number of carbonyl (C=O) groups is 2. The highest BCUT2D eigenvalue weighted by molar-refractivity contribution is 6.05. The summed E-state index contributed by atoms with van der Waals surface area (Å²) in [7, 11) is 0. The molecule has 0 aliphatic rings. The number of benzene rings is 2. The Hall–Kier alpha value is -2.87. The molecule has 0 bridgehead atoms. The van der Waals surface area contributed by atoms with E-state index in [1.165, 1.54) is 6.92 Å². The molecule has 5 nitrogen and oxygen atoms in total. The van der Waals surface area contributed by atoms with Gasteiger partial charge < -0.3 is 10.6 Å². The summed E-state index contributed by atoms with van der Waals surface area (Å²) < 4.78 is 0. The van der Waals surface area contributed by atoms with Crippen molar-refractivity contribution in [1.29, 1.82) is 5.26 Å². The number of rotatable bonds is 3. The van der Waals surface area contributed by atoms with Crippen molar-refractivity contribution >= 4 is 34.0 Å². The molecule has 2 rings (SSSR count). The number of nitrogens with one attached hydrogen (secondary N) is 2. The first kappa shape index (κ1) is 13.6. The Bertz CT molecular complexity index is 717. The highest BCUT2D eigenvalue weighted by Gasteiger charge is 2.07. The Morgan fingerprint density at radius 3 is 2.65 bits per heavy atom. The predicted octanol–water partition coefficient (Wildman–Crippen LogP) is 2.65. The van der Waals surface area contributed by atoms with Gasteiger partial charge in [0.1, 0.15) is 6.42 Å². The van der Waals surface area contributed by atoms with Crippen LogP contribution in [0.3, 0.4) is 0 Å². The molecule has 0 aliphatic carbocycles. The van der Waals surface area contributed by atoms with Crippen molar-refractivity contribution in [2.45, 2.75) is 13.3 Å². The maximum absolute atomic E-state index is 11.5. The van der Waals surface area contributed by atoms with Gasteiger partial charge in [0.15, 0.2) is 0 Å². The molecule has 2 N–H and O–H groups in total. The number of fused-ring (bicyclic) bond motifs is 1. The normalized spacial score (nSPS) is 9.80. The van der Waals surface area contributed by atoms with Gasteiger partial charge in [-0.25, -0.2) is 0 Å². The Kier molecular flexibility index (Phi) is 3.96. The van der Waals surface area contributed by atoms with Crippen molar-refractivity contribution in [3.63, 3.8) is 0 Å². The van der Waals surface area contributed by atoms with Gasteiger partial charge >= 0.3 is 0 Å². The van der Waals surface area contributed by atoms with Gasteiger partial charge in [-0.15, -0.1) is 0 Å². The Morgan fingerprint density at radius 2 is 1.95 bits per heavy atom. The molecular formula is C15H13N3O2. The standard InChI is InChI=1S/C15H13N3O2/c1-10(19)17-14-9-12(18-15(20)6-7-16)8-11-4-2-3-5-13(11)14/h2-5,8-9H,6H2,1H3,(H,17,19)(H,18,20). The molecular weight excluding hydrogens is 254 g/mol. The van der Waals surface area contributed by atoms with E-state index in [0.29, 0.717) is 11.4 Å². The third-order valence-corrected chi connectivity index (χ3v) is 2.70. The van der Waals surface area contributed by atoms with E-state index in [-0.39, 0.29) is 18.2 Å². The van der Waals surface area contributed by atoms with Crippen molar-refractivity contribution in [3.05, 3.63) is 36.4 Å². The van der Waals surface area contributed by atoms with E-state index < -0.39 is 0 Å². The largest absolute Gasteiger partial charge is 0.326 e. The molecule has 0 spiro atoms. The number of nitrogens with zero attached hydrogens (tertiary/aromatic N) is 1. The molecule has 0 heterocycles. The van der Waals surface area contributed by atoms with Crippen LogP contribution in [0.4, 0.5) is 11.4 Å². The molecule has 0 aliphatic heterocycles. The van der Waals surface area contributed by atoms with Crippen molar-refractivity contribution in [2.24, 2.45) is 0 Å². The first-order valence-electron chi connectivity index (χ1n) is 6.07. The fraction of sp³-hybridized carbons (Fsp3) is 0.133. The maximum Gasteiger partial charge on any atom is 0.238 e. The summed E-state index contributed by atoms with van der Waals surface area (Å²) in [5.74, 6) is -0.563. The topological polar surface area (TPSA) is 82.0 Å². The van der Waals surface area contributed by atoms with Crippen molar-refractivity contribution in [1.82, 2.24) is 0 Å². The van der Waals surface area contributed by atoms with Crippen LogP contribution in [0.2, 0.25) is 0 Å². The summed E-state index contributed by atoms with van der Waals surface area (Å²) in [6, 6.07) is 12.8. The maximum atomic E-state index is 11.5. The second-order valence-electron chi connectivity index (χ2n) is 4.31. The summed E-state index contributed by atoms with van der Waals surface area (Å²) in [6.45, 7) is 1.43. The molecule has 0 unspecified atom stereocenters. The van der Waals surface area contributed by atoms with E-state index in [2.05, 4.69) is 10.6 Å². The molecule has 5 heteroatoms.